The predicted octanol–water partition coefficient (Wildman–Crippen LogP) is -0.312. The molecule has 19 heavy (non-hydrogen) atoms. The third-order valence-electron chi connectivity index (χ3n) is 3.17. The highest BCUT2D eigenvalue weighted by Gasteiger charge is 2.30. The molecule has 108 valence electrons. The average molecular weight is 288 g/mol. The predicted molar refractivity (Wildman–Crippen MR) is 70.0 cm³/mol. The number of sulfonamides is 1. The number of rotatable bonds is 5. The quantitative estimate of drug-likeness (QED) is 0.774. The Balaban J connectivity index is 1.86. The fraction of sp³-hybridized carbons (Fsp3) is 0.727. The monoisotopic (exact) mass is 288 g/mol. The summed E-state index contributed by atoms with van der Waals surface area (Å²) in [6.07, 6.45) is 2.51. The third-order valence-corrected chi connectivity index (χ3v) is 4.10. The fourth-order valence-corrected chi connectivity index (χ4v) is 2.94. The average Bonchev–Trinajstić information content (AvgIpc) is 2.84. The second-order valence-electron chi connectivity index (χ2n) is 5.40. The molecule has 0 bridgehead atoms. The molecule has 8 heteroatoms. The lowest BCUT2D eigenvalue weighted by molar-refractivity contribution is 0.0548. The van der Waals surface area contributed by atoms with E-state index in [9.17, 15) is 8.42 Å². The minimum atomic E-state index is -3.73. The van der Waals surface area contributed by atoms with Crippen LogP contribution in [0.25, 0.3) is 0 Å². The van der Waals surface area contributed by atoms with E-state index in [1.807, 2.05) is 0 Å². The molecule has 0 spiro atoms. The molecule has 1 saturated heterocycles. The summed E-state index contributed by atoms with van der Waals surface area (Å²) >= 11 is 0. The third kappa shape index (κ3) is 3.75. The van der Waals surface area contributed by atoms with E-state index in [2.05, 4.69) is 24.3 Å². The van der Waals surface area contributed by atoms with Crippen LogP contribution in [-0.4, -0.2) is 43.0 Å². The molecule has 0 saturated carbocycles. The van der Waals surface area contributed by atoms with E-state index in [0.29, 0.717) is 13.2 Å². The van der Waals surface area contributed by atoms with Gasteiger partial charge in [-0.15, -0.1) is 0 Å². The molecule has 0 radical (unpaired) electrons. The molecule has 2 heterocycles. The molecule has 1 aliphatic heterocycles. The highest BCUT2D eigenvalue weighted by molar-refractivity contribution is 7.89. The number of nitrogens with zero attached hydrogens (tertiary/aromatic N) is 2. The molecule has 1 aromatic heterocycles. The lowest BCUT2D eigenvalue weighted by Crippen LogP contribution is -2.31. The lowest BCUT2D eigenvalue weighted by Gasteiger charge is -2.17. The smallest absolute Gasteiger partial charge is 0.255 e. The Morgan fingerprint density at radius 1 is 1.63 bits per heavy atom. The summed E-state index contributed by atoms with van der Waals surface area (Å²) < 4.78 is 29.6. The molecule has 3 N–H and O–H groups in total. The van der Waals surface area contributed by atoms with Gasteiger partial charge in [0.2, 0.25) is 0 Å². The molecule has 7 nitrogen and oxygen atoms in total. The number of aromatic nitrogens is 2. The van der Waals surface area contributed by atoms with Gasteiger partial charge in [0.05, 0.1) is 25.5 Å². The van der Waals surface area contributed by atoms with Crippen LogP contribution in [0.2, 0.25) is 0 Å². The van der Waals surface area contributed by atoms with Gasteiger partial charge >= 0.3 is 0 Å². The first kappa shape index (κ1) is 14.4. The van der Waals surface area contributed by atoms with Crippen LogP contribution < -0.4 is 10.5 Å². The van der Waals surface area contributed by atoms with E-state index < -0.39 is 10.0 Å². The molecule has 2 rings (SSSR count). The van der Waals surface area contributed by atoms with Gasteiger partial charge in [-0.1, -0.05) is 0 Å². The Kier molecular flexibility index (Phi) is 3.95. The van der Waals surface area contributed by atoms with Gasteiger partial charge < -0.3 is 10.1 Å². The lowest BCUT2D eigenvalue weighted by atomic mass is 10.0. The minimum absolute atomic E-state index is 0.0148. The van der Waals surface area contributed by atoms with E-state index in [0.717, 1.165) is 13.0 Å². The van der Waals surface area contributed by atoms with Crippen molar-refractivity contribution >= 4 is 10.0 Å². The van der Waals surface area contributed by atoms with Crippen molar-refractivity contribution in [3.8, 4) is 0 Å². The van der Waals surface area contributed by atoms with Gasteiger partial charge in [-0.25, -0.2) is 13.6 Å². The van der Waals surface area contributed by atoms with Crippen molar-refractivity contribution in [3.63, 3.8) is 0 Å². The maximum atomic E-state index is 11.3. The summed E-state index contributed by atoms with van der Waals surface area (Å²) in [5.41, 5.74) is 0.0993. The molecule has 1 atom stereocenters. The summed E-state index contributed by atoms with van der Waals surface area (Å²) in [5.74, 6) is 0. The summed E-state index contributed by atoms with van der Waals surface area (Å²) in [5, 5.41) is 12.4. The summed E-state index contributed by atoms with van der Waals surface area (Å²) in [7, 11) is -3.73. The molecular formula is C11H20N4O3S. The van der Waals surface area contributed by atoms with Gasteiger partial charge in [-0.3, -0.25) is 4.68 Å². The van der Waals surface area contributed by atoms with Crippen molar-refractivity contribution in [2.45, 2.75) is 43.5 Å². The van der Waals surface area contributed by atoms with Crippen LogP contribution in [0.15, 0.2) is 17.3 Å². The Labute approximate surface area is 113 Å². The van der Waals surface area contributed by atoms with Crippen molar-refractivity contribution in [3.05, 3.63) is 12.3 Å². The first-order valence-electron chi connectivity index (χ1n) is 6.19. The topological polar surface area (TPSA) is 99.2 Å². The van der Waals surface area contributed by atoms with Gasteiger partial charge in [0, 0.05) is 12.1 Å². The second-order valence-corrected chi connectivity index (χ2v) is 6.91. The number of nitrogens with two attached hydrogens (primary N) is 1. The molecule has 0 aliphatic carbocycles. The van der Waals surface area contributed by atoms with Gasteiger partial charge in [-0.2, -0.15) is 5.10 Å². The number of ether oxygens (including phenoxy) is 1. The molecule has 1 aromatic rings. The molecule has 1 fully saturated rings. The largest absolute Gasteiger partial charge is 0.375 e. The molecule has 1 aliphatic rings. The van der Waals surface area contributed by atoms with Gasteiger partial charge in [0.15, 0.2) is 5.03 Å². The number of hydrogen-bond acceptors (Lipinski definition) is 5. The van der Waals surface area contributed by atoms with Crippen LogP contribution in [-0.2, 0) is 21.3 Å². The maximum absolute atomic E-state index is 11.3. The fourth-order valence-electron chi connectivity index (χ4n) is 2.26. The summed E-state index contributed by atoms with van der Waals surface area (Å²) in [6.45, 7) is 5.85. The number of primary sulfonamides is 1. The number of hydrogen-bond donors (Lipinski definition) is 2. The van der Waals surface area contributed by atoms with E-state index >= 15 is 0 Å². The first-order chi connectivity index (χ1) is 8.78. The van der Waals surface area contributed by atoms with Crippen LogP contribution in [0, 0.1) is 0 Å². The van der Waals surface area contributed by atoms with Gasteiger partial charge in [-0.05, 0) is 26.3 Å². The summed E-state index contributed by atoms with van der Waals surface area (Å²) in [4.78, 5) is 0. The Morgan fingerprint density at radius 2 is 2.37 bits per heavy atom. The zero-order chi connectivity index (χ0) is 14.1. The SMILES string of the molecule is CC1(C)CC(OCCn2nccc2S(N)(=O)=O)CN1. The standard InChI is InChI=1S/C11H20N4O3S/c1-11(2)7-9(8-13-11)18-6-5-15-10(3-4-14-15)19(12,16)17/h3-4,9,13H,5-8H2,1-2H3,(H2,12,16,17). The normalized spacial score (nSPS) is 22.8. The van der Waals surface area contributed by atoms with Crippen LogP contribution in [0.1, 0.15) is 20.3 Å². The van der Waals surface area contributed by atoms with Crippen molar-refractivity contribution in [2.24, 2.45) is 5.14 Å². The van der Waals surface area contributed by atoms with Crippen LogP contribution in [0.5, 0.6) is 0 Å². The van der Waals surface area contributed by atoms with Gasteiger partial charge in [0.25, 0.3) is 10.0 Å². The Morgan fingerprint density at radius 3 is 2.95 bits per heavy atom. The first-order valence-corrected chi connectivity index (χ1v) is 7.74. The second kappa shape index (κ2) is 5.20. The van der Waals surface area contributed by atoms with E-state index in [4.69, 9.17) is 9.88 Å². The maximum Gasteiger partial charge on any atom is 0.255 e. The van der Waals surface area contributed by atoms with Crippen LogP contribution >= 0.6 is 0 Å². The zero-order valence-electron chi connectivity index (χ0n) is 11.2. The van der Waals surface area contributed by atoms with E-state index in [-0.39, 0.29) is 16.7 Å². The van der Waals surface area contributed by atoms with Crippen molar-refractivity contribution in [1.82, 2.24) is 15.1 Å². The Hall–Kier alpha value is -0.960. The van der Waals surface area contributed by atoms with Crippen LogP contribution in [0.4, 0.5) is 0 Å². The molecule has 1 unspecified atom stereocenters. The van der Waals surface area contributed by atoms with Crippen LogP contribution in [0.3, 0.4) is 0 Å². The van der Waals surface area contributed by atoms with E-state index in [1.54, 1.807) is 0 Å². The molecule has 0 aromatic carbocycles. The summed E-state index contributed by atoms with van der Waals surface area (Å²) in [6, 6.07) is 1.38. The van der Waals surface area contributed by atoms with Crippen molar-refractivity contribution < 1.29 is 13.2 Å². The minimum Gasteiger partial charge on any atom is -0.375 e. The Bertz CT molecular complexity index is 538. The van der Waals surface area contributed by atoms with E-state index in [1.165, 1.54) is 16.9 Å². The molecular weight excluding hydrogens is 268 g/mol. The zero-order valence-corrected chi connectivity index (χ0v) is 12.0. The highest BCUT2D eigenvalue weighted by atomic mass is 32.2. The number of nitrogens with one attached hydrogen (secondary N) is 1. The van der Waals surface area contributed by atoms with Crippen molar-refractivity contribution in [1.29, 1.82) is 0 Å². The highest BCUT2D eigenvalue weighted by Crippen LogP contribution is 2.20. The van der Waals surface area contributed by atoms with Gasteiger partial charge in [0.1, 0.15) is 0 Å². The van der Waals surface area contributed by atoms with Crippen molar-refractivity contribution in [2.75, 3.05) is 13.2 Å². The molecule has 0 amide bonds.